The summed E-state index contributed by atoms with van der Waals surface area (Å²) < 4.78 is 0. The van der Waals surface area contributed by atoms with Gasteiger partial charge < -0.3 is 0 Å². The molecule has 0 spiro atoms. The van der Waals surface area contributed by atoms with E-state index in [4.69, 9.17) is 0 Å². The first-order valence-corrected chi connectivity index (χ1v) is 4.15. The zero-order chi connectivity index (χ0) is 8.53. The lowest BCUT2D eigenvalue weighted by atomic mass is 10.2. The molecule has 0 saturated carbocycles. The van der Waals surface area contributed by atoms with Gasteiger partial charge in [-0.2, -0.15) is 0 Å². The van der Waals surface area contributed by atoms with Gasteiger partial charge in [0.1, 0.15) is 0 Å². The summed E-state index contributed by atoms with van der Waals surface area (Å²) in [6.07, 6.45) is 10.0. The Hall–Kier alpha value is -0.850. The van der Waals surface area contributed by atoms with E-state index >= 15 is 0 Å². The van der Waals surface area contributed by atoms with E-state index in [9.17, 15) is 0 Å². The Bertz CT molecular complexity index is 164. The van der Waals surface area contributed by atoms with Crippen molar-refractivity contribution in [3.8, 4) is 0 Å². The second-order valence-electron chi connectivity index (χ2n) is 2.61. The third-order valence-corrected chi connectivity index (χ3v) is 1.08. The van der Waals surface area contributed by atoms with Crippen LogP contribution in [0.4, 0.5) is 0 Å². The summed E-state index contributed by atoms with van der Waals surface area (Å²) >= 11 is 0. The quantitative estimate of drug-likeness (QED) is 0.503. The fraction of sp³-hybridized carbons (Fsp3) is 0.500. The van der Waals surface area contributed by atoms with E-state index < -0.39 is 0 Å². The lowest BCUT2D eigenvalue weighted by molar-refractivity contribution is 1.09. The van der Waals surface area contributed by atoms with Crippen LogP contribution in [-0.2, 0) is 0 Å². The molecule has 1 rings (SSSR count). The molecular weight excluding hydrogens is 134 g/mol. The van der Waals surface area contributed by atoms with Crippen LogP contribution in [-0.4, -0.2) is 6.21 Å². The van der Waals surface area contributed by atoms with E-state index in [0.717, 1.165) is 6.42 Å². The van der Waals surface area contributed by atoms with Crippen molar-refractivity contribution in [2.24, 2.45) is 4.99 Å². The Morgan fingerprint density at radius 1 is 1.45 bits per heavy atom. The van der Waals surface area contributed by atoms with Crippen molar-refractivity contribution in [1.82, 2.24) is 0 Å². The molecule has 0 fully saturated rings. The summed E-state index contributed by atoms with van der Waals surface area (Å²) in [6, 6.07) is 0. The third-order valence-electron chi connectivity index (χ3n) is 1.08. The van der Waals surface area contributed by atoms with E-state index in [1.807, 2.05) is 18.5 Å². The molecule has 0 bridgehead atoms. The van der Waals surface area contributed by atoms with Crippen molar-refractivity contribution < 1.29 is 0 Å². The molecule has 0 aliphatic carbocycles. The number of aliphatic imine (C=N–C) groups is 1. The fourth-order valence-electron chi connectivity index (χ4n) is 0.587. The standard InChI is InChI=1S/C7H9N.C3H8/c1-7-3-2-5-8-6-4-7;1-3-2/h2,4-6H,3H2,1H3;3H2,1-2H3. The zero-order valence-electron chi connectivity index (χ0n) is 7.67. The first kappa shape index (κ1) is 10.2. The van der Waals surface area contributed by atoms with Gasteiger partial charge in [-0.05, 0) is 19.4 Å². The summed E-state index contributed by atoms with van der Waals surface area (Å²) in [4.78, 5) is 3.94. The SMILES string of the molecule is CC1=CC=NC=CC1.CCC. The Morgan fingerprint density at radius 2 is 2.09 bits per heavy atom. The van der Waals surface area contributed by atoms with Crippen LogP contribution in [0.2, 0.25) is 0 Å². The lowest BCUT2D eigenvalue weighted by Gasteiger charge is -1.85. The molecule has 0 aromatic heterocycles. The molecule has 0 saturated heterocycles. The number of allylic oxidation sites excluding steroid dienone is 3. The van der Waals surface area contributed by atoms with Crippen LogP contribution in [0, 0.1) is 0 Å². The van der Waals surface area contributed by atoms with Gasteiger partial charge in [0.05, 0.1) is 0 Å². The summed E-state index contributed by atoms with van der Waals surface area (Å²) in [5, 5.41) is 0. The smallest absolute Gasteiger partial charge is 0.0267 e. The summed E-state index contributed by atoms with van der Waals surface area (Å²) in [5.74, 6) is 0. The summed E-state index contributed by atoms with van der Waals surface area (Å²) in [6.45, 7) is 6.35. The minimum atomic E-state index is 1.04. The molecule has 0 N–H and O–H groups in total. The van der Waals surface area contributed by atoms with Gasteiger partial charge in [0.25, 0.3) is 0 Å². The van der Waals surface area contributed by atoms with Gasteiger partial charge in [-0.25, -0.2) is 0 Å². The number of nitrogens with zero attached hydrogens (tertiary/aromatic N) is 1. The molecule has 1 nitrogen and oxygen atoms in total. The molecule has 1 heterocycles. The number of rotatable bonds is 0. The van der Waals surface area contributed by atoms with Crippen molar-refractivity contribution in [3.63, 3.8) is 0 Å². The van der Waals surface area contributed by atoms with Crippen LogP contribution in [0.5, 0.6) is 0 Å². The monoisotopic (exact) mass is 151 g/mol. The molecule has 11 heavy (non-hydrogen) atoms. The minimum absolute atomic E-state index is 1.04. The highest BCUT2D eigenvalue weighted by molar-refractivity contribution is 5.73. The molecule has 0 atom stereocenters. The number of hydrogen-bond acceptors (Lipinski definition) is 1. The van der Waals surface area contributed by atoms with Crippen LogP contribution in [0.25, 0.3) is 0 Å². The van der Waals surface area contributed by atoms with Crippen molar-refractivity contribution in [1.29, 1.82) is 0 Å². The van der Waals surface area contributed by atoms with Gasteiger partial charge in [0, 0.05) is 12.4 Å². The Morgan fingerprint density at radius 3 is 2.73 bits per heavy atom. The fourth-order valence-corrected chi connectivity index (χ4v) is 0.587. The number of hydrogen-bond donors (Lipinski definition) is 0. The molecule has 0 amide bonds. The maximum atomic E-state index is 3.94. The maximum Gasteiger partial charge on any atom is 0.0267 e. The molecule has 0 aromatic carbocycles. The van der Waals surface area contributed by atoms with Gasteiger partial charge in [-0.15, -0.1) is 0 Å². The molecule has 62 valence electrons. The minimum Gasteiger partial charge on any atom is -0.265 e. The normalized spacial score (nSPS) is 14.6. The van der Waals surface area contributed by atoms with E-state index in [-0.39, 0.29) is 0 Å². The van der Waals surface area contributed by atoms with Crippen LogP contribution >= 0.6 is 0 Å². The first-order valence-electron chi connectivity index (χ1n) is 4.15. The van der Waals surface area contributed by atoms with Gasteiger partial charge >= 0.3 is 0 Å². The summed E-state index contributed by atoms with van der Waals surface area (Å²) in [7, 11) is 0. The highest BCUT2D eigenvalue weighted by Crippen LogP contribution is 2.01. The predicted molar refractivity (Wildman–Crippen MR) is 52.0 cm³/mol. The highest BCUT2D eigenvalue weighted by atomic mass is 14.7. The molecule has 1 aliphatic heterocycles. The van der Waals surface area contributed by atoms with Crippen LogP contribution in [0.15, 0.2) is 28.9 Å². The largest absolute Gasteiger partial charge is 0.265 e. The van der Waals surface area contributed by atoms with Gasteiger partial charge in [0.15, 0.2) is 0 Å². The van der Waals surface area contributed by atoms with Crippen molar-refractivity contribution in [3.05, 3.63) is 23.9 Å². The topological polar surface area (TPSA) is 12.4 Å². The van der Waals surface area contributed by atoms with Crippen molar-refractivity contribution in [2.45, 2.75) is 33.6 Å². The van der Waals surface area contributed by atoms with E-state index in [2.05, 4.69) is 31.8 Å². The second kappa shape index (κ2) is 7.26. The van der Waals surface area contributed by atoms with Crippen molar-refractivity contribution >= 4 is 6.21 Å². The van der Waals surface area contributed by atoms with E-state index in [0.29, 0.717) is 0 Å². The lowest BCUT2D eigenvalue weighted by Crippen LogP contribution is -1.69. The molecule has 0 radical (unpaired) electrons. The van der Waals surface area contributed by atoms with Crippen LogP contribution < -0.4 is 0 Å². The Balaban J connectivity index is 0.000000292. The Labute approximate surface area is 69.5 Å². The average Bonchev–Trinajstić information content (AvgIpc) is 2.18. The van der Waals surface area contributed by atoms with Crippen LogP contribution in [0.1, 0.15) is 33.6 Å². The second-order valence-corrected chi connectivity index (χ2v) is 2.61. The third kappa shape index (κ3) is 7.04. The molecule has 0 aromatic rings. The molecule has 1 aliphatic rings. The zero-order valence-corrected chi connectivity index (χ0v) is 7.67. The average molecular weight is 151 g/mol. The van der Waals surface area contributed by atoms with E-state index in [1.54, 1.807) is 0 Å². The van der Waals surface area contributed by atoms with E-state index in [1.165, 1.54) is 12.0 Å². The van der Waals surface area contributed by atoms with Gasteiger partial charge in [-0.3, -0.25) is 4.99 Å². The first-order chi connectivity index (χ1) is 5.31. The predicted octanol–water partition coefficient (Wildman–Crippen LogP) is 3.34. The maximum absolute atomic E-state index is 3.94. The highest BCUT2D eigenvalue weighted by Gasteiger charge is 1.83. The molecule has 1 heteroatoms. The van der Waals surface area contributed by atoms with Crippen LogP contribution in [0.3, 0.4) is 0 Å². The Kier molecular flexibility index (Phi) is 6.70. The molecular formula is C10H17N. The molecule has 0 unspecified atom stereocenters. The van der Waals surface area contributed by atoms with Gasteiger partial charge in [-0.1, -0.05) is 31.9 Å². The van der Waals surface area contributed by atoms with Gasteiger partial charge in [0.2, 0.25) is 0 Å². The van der Waals surface area contributed by atoms with Crippen molar-refractivity contribution in [2.75, 3.05) is 0 Å². The summed E-state index contributed by atoms with van der Waals surface area (Å²) in [5.41, 5.74) is 1.36.